The first-order valence-electron chi connectivity index (χ1n) is 7.57. The minimum atomic E-state index is -0.105. The fourth-order valence-electron chi connectivity index (χ4n) is 2.34. The highest BCUT2D eigenvalue weighted by molar-refractivity contribution is 5.57. The molecule has 0 bridgehead atoms. The molecule has 0 saturated heterocycles. The third-order valence-corrected chi connectivity index (χ3v) is 3.65. The largest absolute Gasteiger partial charge is 0.491 e. The van der Waals surface area contributed by atoms with E-state index in [0.29, 0.717) is 25.0 Å². The molecule has 0 amide bonds. The van der Waals surface area contributed by atoms with Crippen LogP contribution < -0.4 is 10.3 Å². The number of ether oxygens (including phenoxy) is 2. The Balaban J connectivity index is 1.81. The van der Waals surface area contributed by atoms with Crippen molar-refractivity contribution in [3.63, 3.8) is 0 Å². The molecule has 1 aromatic carbocycles. The van der Waals surface area contributed by atoms with Crippen LogP contribution in [0.5, 0.6) is 5.75 Å². The number of aromatic amines is 1. The molecule has 1 aliphatic rings. The summed E-state index contributed by atoms with van der Waals surface area (Å²) in [6.45, 7) is 1.03. The number of hydrogen-bond acceptors (Lipinski definition) is 4. The van der Waals surface area contributed by atoms with Gasteiger partial charge in [0, 0.05) is 24.4 Å². The molecule has 1 saturated carbocycles. The van der Waals surface area contributed by atoms with Gasteiger partial charge in [0.05, 0.1) is 6.61 Å². The number of aromatic nitrogens is 2. The monoisotopic (exact) mass is 300 g/mol. The van der Waals surface area contributed by atoms with Crippen molar-refractivity contribution in [2.75, 3.05) is 20.3 Å². The second kappa shape index (κ2) is 6.75. The van der Waals surface area contributed by atoms with Gasteiger partial charge in [0.2, 0.25) is 0 Å². The Morgan fingerprint density at radius 3 is 2.91 bits per heavy atom. The van der Waals surface area contributed by atoms with Gasteiger partial charge in [-0.3, -0.25) is 4.79 Å². The van der Waals surface area contributed by atoms with Crippen molar-refractivity contribution in [1.29, 1.82) is 0 Å². The second-order valence-electron chi connectivity index (χ2n) is 5.60. The Labute approximate surface area is 129 Å². The third-order valence-electron chi connectivity index (χ3n) is 3.65. The van der Waals surface area contributed by atoms with Crippen LogP contribution in [0.3, 0.4) is 0 Å². The molecule has 3 rings (SSSR count). The first-order valence-corrected chi connectivity index (χ1v) is 7.57. The van der Waals surface area contributed by atoms with E-state index in [4.69, 9.17) is 9.47 Å². The average molecular weight is 300 g/mol. The average Bonchev–Trinajstić information content (AvgIpc) is 3.31. The number of rotatable bonds is 7. The van der Waals surface area contributed by atoms with E-state index >= 15 is 0 Å². The number of nitrogens with zero attached hydrogens (tertiary/aromatic N) is 1. The van der Waals surface area contributed by atoms with Crippen LogP contribution in [0.15, 0.2) is 35.1 Å². The van der Waals surface area contributed by atoms with Gasteiger partial charge in [-0.2, -0.15) is 0 Å². The van der Waals surface area contributed by atoms with E-state index in [0.717, 1.165) is 23.4 Å². The van der Waals surface area contributed by atoms with E-state index in [9.17, 15) is 4.79 Å². The summed E-state index contributed by atoms with van der Waals surface area (Å²) in [5, 5.41) is 0. The third kappa shape index (κ3) is 3.95. The lowest BCUT2D eigenvalue weighted by atomic mass is 10.1. The van der Waals surface area contributed by atoms with Crippen molar-refractivity contribution < 1.29 is 9.47 Å². The highest BCUT2D eigenvalue weighted by atomic mass is 16.5. The van der Waals surface area contributed by atoms with E-state index in [1.807, 2.05) is 24.3 Å². The van der Waals surface area contributed by atoms with Crippen LogP contribution in [-0.4, -0.2) is 30.3 Å². The topological polar surface area (TPSA) is 64.2 Å². The molecular formula is C17H20N2O3. The summed E-state index contributed by atoms with van der Waals surface area (Å²) in [5.74, 6) is 2.04. The Kier molecular flexibility index (Phi) is 4.53. The fourth-order valence-corrected chi connectivity index (χ4v) is 2.34. The normalized spacial score (nSPS) is 14.0. The number of nitrogens with one attached hydrogen (secondary N) is 1. The summed E-state index contributed by atoms with van der Waals surface area (Å²) in [5.41, 5.74) is 1.61. The lowest BCUT2D eigenvalue weighted by molar-refractivity contribution is 0.146. The highest BCUT2D eigenvalue weighted by Gasteiger charge is 2.22. The van der Waals surface area contributed by atoms with Gasteiger partial charge in [-0.25, -0.2) is 4.98 Å². The van der Waals surface area contributed by atoms with Gasteiger partial charge < -0.3 is 14.5 Å². The number of benzene rings is 1. The second-order valence-corrected chi connectivity index (χ2v) is 5.60. The molecule has 5 nitrogen and oxygen atoms in total. The molecule has 5 heteroatoms. The molecule has 2 aromatic rings. The van der Waals surface area contributed by atoms with E-state index < -0.39 is 0 Å². The SMILES string of the molecule is COCCOc1cccc(-c2nc(CC3CC3)cc(=O)[nH]2)c1. The van der Waals surface area contributed by atoms with Crippen molar-refractivity contribution in [1.82, 2.24) is 9.97 Å². The van der Waals surface area contributed by atoms with Gasteiger partial charge in [0.15, 0.2) is 0 Å². The molecule has 0 unspecified atom stereocenters. The maximum absolute atomic E-state index is 11.8. The molecule has 22 heavy (non-hydrogen) atoms. The van der Waals surface area contributed by atoms with Crippen molar-refractivity contribution in [3.8, 4) is 17.1 Å². The van der Waals surface area contributed by atoms with Crippen LogP contribution >= 0.6 is 0 Å². The molecule has 0 spiro atoms. The summed E-state index contributed by atoms with van der Waals surface area (Å²) in [7, 11) is 1.64. The molecular weight excluding hydrogens is 280 g/mol. The van der Waals surface area contributed by atoms with Crippen LogP contribution in [0.2, 0.25) is 0 Å². The summed E-state index contributed by atoms with van der Waals surface area (Å²) in [6, 6.07) is 9.17. The number of methoxy groups -OCH3 is 1. The van der Waals surface area contributed by atoms with Gasteiger partial charge in [-0.1, -0.05) is 12.1 Å². The Hall–Kier alpha value is -2.14. The van der Waals surface area contributed by atoms with Crippen LogP contribution in [0.1, 0.15) is 18.5 Å². The first kappa shape index (κ1) is 14.8. The highest BCUT2D eigenvalue weighted by Crippen LogP contribution is 2.32. The zero-order valence-electron chi connectivity index (χ0n) is 12.7. The lowest BCUT2D eigenvalue weighted by Crippen LogP contribution is -2.11. The molecule has 1 aliphatic carbocycles. The quantitative estimate of drug-likeness (QED) is 0.798. The first-order chi connectivity index (χ1) is 10.7. The Morgan fingerprint density at radius 2 is 2.14 bits per heavy atom. The van der Waals surface area contributed by atoms with Gasteiger partial charge >= 0.3 is 0 Å². The Bertz CT molecular complexity index is 692. The zero-order valence-corrected chi connectivity index (χ0v) is 12.7. The predicted octanol–water partition coefficient (Wildman–Crippen LogP) is 2.41. The molecule has 1 fully saturated rings. The van der Waals surface area contributed by atoms with Crippen molar-refractivity contribution >= 4 is 0 Å². The number of hydrogen-bond donors (Lipinski definition) is 1. The lowest BCUT2D eigenvalue weighted by Gasteiger charge is -2.08. The maximum atomic E-state index is 11.8. The molecule has 0 aliphatic heterocycles. The van der Waals surface area contributed by atoms with E-state index in [2.05, 4.69) is 9.97 Å². The molecule has 116 valence electrons. The summed E-state index contributed by atoms with van der Waals surface area (Å²) in [6.07, 6.45) is 3.38. The van der Waals surface area contributed by atoms with Crippen molar-refractivity contribution in [2.45, 2.75) is 19.3 Å². The minimum absolute atomic E-state index is 0.105. The standard InChI is InChI=1S/C17H20N2O3/c1-21-7-8-22-15-4-2-3-13(10-15)17-18-14(9-12-5-6-12)11-16(20)19-17/h2-4,10-12H,5-9H2,1H3,(H,18,19,20). The molecule has 0 atom stereocenters. The summed E-state index contributed by atoms with van der Waals surface area (Å²) in [4.78, 5) is 19.2. The number of H-pyrrole nitrogens is 1. The van der Waals surface area contributed by atoms with Crippen LogP contribution in [-0.2, 0) is 11.2 Å². The van der Waals surface area contributed by atoms with E-state index in [1.165, 1.54) is 12.8 Å². The smallest absolute Gasteiger partial charge is 0.251 e. The fraction of sp³-hybridized carbons (Fsp3) is 0.412. The van der Waals surface area contributed by atoms with Crippen molar-refractivity contribution in [3.05, 3.63) is 46.4 Å². The van der Waals surface area contributed by atoms with E-state index in [-0.39, 0.29) is 5.56 Å². The summed E-state index contributed by atoms with van der Waals surface area (Å²) >= 11 is 0. The van der Waals surface area contributed by atoms with Crippen molar-refractivity contribution in [2.24, 2.45) is 5.92 Å². The molecule has 1 N–H and O–H groups in total. The summed E-state index contributed by atoms with van der Waals surface area (Å²) < 4.78 is 10.6. The maximum Gasteiger partial charge on any atom is 0.251 e. The van der Waals surface area contributed by atoms with E-state index in [1.54, 1.807) is 13.2 Å². The molecule has 1 heterocycles. The van der Waals surface area contributed by atoms with Crippen LogP contribution in [0, 0.1) is 5.92 Å². The molecule has 0 radical (unpaired) electrons. The van der Waals surface area contributed by atoms with Gasteiger partial charge in [0.25, 0.3) is 5.56 Å². The van der Waals surface area contributed by atoms with Gasteiger partial charge in [-0.05, 0) is 37.3 Å². The minimum Gasteiger partial charge on any atom is -0.491 e. The van der Waals surface area contributed by atoms with Crippen LogP contribution in [0.4, 0.5) is 0 Å². The zero-order chi connectivity index (χ0) is 15.4. The van der Waals surface area contributed by atoms with Gasteiger partial charge in [0.1, 0.15) is 18.2 Å². The van der Waals surface area contributed by atoms with Crippen LogP contribution in [0.25, 0.3) is 11.4 Å². The Morgan fingerprint density at radius 1 is 1.27 bits per heavy atom. The predicted molar refractivity (Wildman–Crippen MR) is 84.1 cm³/mol. The van der Waals surface area contributed by atoms with Gasteiger partial charge in [-0.15, -0.1) is 0 Å². The molecule has 1 aromatic heterocycles.